The lowest BCUT2D eigenvalue weighted by atomic mass is 10.2. The van der Waals surface area contributed by atoms with Crippen LogP contribution in [0.2, 0.25) is 0 Å². The number of rotatable bonds is 5. The van der Waals surface area contributed by atoms with Gasteiger partial charge in [-0.25, -0.2) is 4.98 Å². The summed E-state index contributed by atoms with van der Waals surface area (Å²) in [7, 11) is 0. The molecule has 0 saturated heterocycles. The van der Waals surface area contributed by atoms with Crippen LogP contribution in [0.15, 0.2) is 36.4 Å². The predicted molar refractivity (Wildman–Crippen MR) is 90.5 cm³/mol. The lowest BCUT2D eigenvalue weighted by Gasteiger charge is -2.19. The van der Waals surface area contributed by atoms with Gasteiger partial charge in [0.2, 0.25) is 5.91 Å². The first kappa shape index (κ1) is 16.4. The molecular weight excluding hydrogens is 306 g/mol. The second-order valence-electron chi connectivity index (χ2n) is 6.09. The van der Waals surface area contributed by atoms with Crippen molar-refractivity contribution in [2.75, 3.05) is 6.61 Å². The molecule has 126 valence electrons. The highest BCUT2D eigenvalue weighted by Crippen LogP contribution is 2.17. The van der Waals surface area contributed by atoms with E-state index in [-0.39, 0.29) is 17.6 Å². The van der Waals surface area contributed by atoms with E-state index >= 15 is 0 Å². The summed E-state index contributed by atoms with van der Waals surface area (Å²) in [5, 5.41) is 15.8. The summed E-state index contributed by atoms with van der Waals surface area (Å²) in [6.07, 6.45) is 4.10. The van der Waals surface area contributed by atoms with Crippen molar-refractivity contribution in [3.05, 3.63) is 42.1 Å². The summed E-state index contributed by atoms with van der Waals surface area (Å²) in [4.78, 5) is 28.8. The minimum atomic E-state index is -0.966. The van der Waals surface area contributed by atoms with Crippen molar-refractivity contribution in [2.24, 2.45) is 0 Å². The van der Waals surface area contributed by atoms with Crippen molar-refractivity contribution in [3.8, 4) is 0 Å². The number of hydrogen-bond donors (Lipinski definition) is 3. The van der Waals surface area contributed by atoms with Gasteiger partial charge in [0.15, 0.2) is 0 Å². The van der Waals surface area contributed by atoms with Gasteiger partial charge in [0.05, 0.1) is 12.1 Å². The Bertz CT molecular complexity index is 741. The fourth-order valence-electron chi connectivity index (χ4n) is 2.99. The van der Waals surface area contributed by atoms with Crippen molar-refractivity contribution in [3.63, 3.8) is 0 Å². The fourth-order valence-corrected chi connectivity index (χ4v) is 2.99. The number of nitrogens with one attached hydrogen (secondary N) is 2. The lowest BCUT2D eigenvalue weighted by molar-refractivity contribution is -0.124. The number of amides is 2. The number of pyridine rings is 1. The fraction of sp³-hybridized carbons (Fsp3) is 0.389. The van der Waals surface area contributed by atoms with Crippen LogP contribution < -0.4 is 10.6 Å². The summed E-state index contributed by atoms with van der Waals surface area (Å²) in [5.41, 5.74) is 0.932. The third-order valence-corrected chi connectivity index (χ3v) is 4.34. The van der Waals surface area contributed by atoms with E-state index in [2.05, 4.69) is 15.6 Å². The summed E-state index contributed by atoms with van der Waals surface area (Å²) < 4.78 is 0. The Balaban J connectivity index is 1.67. The number of aliphatic hydroxyl groups excluding tert-OH is 1. The van der Waals surface area contributed by atoms with Crippen molar-refractivity contribution < 1.29 is 14.7 Å². The van der Waals surface area contributed by atoms with E-state index in [9.17, 15) is 14.7 Å². The number of aliphatic hydroxyl groups is 1. The number of carbonyl (C=O) groups excluding carboxylic acids is 2. The van der Waals surface area contributed by atoms with E-state index in [4.69, 9.17) is 0 Å². The minimum Gasteiger partial charge on any atom is -0.394 e. The molecule has 1 heterocycles. The third-order valence-electron chi connectivity index (χ3n) is 4.34. The van der Waals surface area contributed by atoms with Crippen molar-refractivity contribution in [1.82, 2.24) is 15.6 Å². The second-order valence-corrected chi connectivity index (χ2v) is 6.09. The highest BCUT2D eigenvalue weighted by atomic mass is 16.3. The monoisotopic (exact) mass is 327 g/mol. The smallest absolute Gasteiger partial charge is 0.270 e. The number of nitrogens with zero attached hydrogens (tertiary/aromatic N) is 1. The largest absolute Gasteiger partial charge is 0.394 e. The summed E-state index contributed by atoms with van der Waals surface area (Å²) in [6, 6.07) is 10.1. The van der Waals surface area contributed by atoms with Gasteiger partial charge in [-0.2, -0.15) is 0 Å². The van der Waals surface area contributed by atoms with Gasteiger partial charge >= 0.3 is 0 Å². The van der Waals surface area contributed by atoms with Gasteiger partial charge < -0.3 is 15.7 Å². The molecule has 6 heteroatoms. The molecule has 6 nitrogen and oxygen atoms in total. The zero-order valence-electron chi connectivity index (χ0n) is 13.4. The maximum atomic E-state index is 12.3. The van der Waals surface area contributed by atoms with Crippen LogP contribution in [0.25, 0.3) is 10.9 Å². The van der Waals surface area contributed by atoms with Gasteiger partial charge in [-0.05, 0) is 25.0 Å². The number of fused-ring (bicyclic) bond motifs is 1. The van der Waals surface area contributed by atoms with Crippen molar-refractivity contribution in [1.29, 1.82) is 0 Å². The Kier molecular flexibility index (Phi) is 5.05. The molecule has 1 atom stereocenters. The molecule has 0 spiro atoms. The summed E-state index contributed by atoms with van der Waals surface area (Å²) >= 11 is 0. The average molecular weight is 327 g/mol. The van der Waals surface area contributed by atoms with Gasteiger partial charge in [-0.15, -0.1) is 0 Å². The Morgan fingerprint density at radius 1 is 1.17 bits per heavy atom. The molecule has 1 aliphatic carbocycles. The zero-order chi connectivity index (χ0) is 16.9. The number of carbonyl (C=O) groups is 2. The maximum Gasteiger partial charge on any atom is 0.270 e. The van der Waals surface area contributed by atoms with Gasteiger partial charge in [-0.1, -0.05) is 37.1 Å². The molecule has 1 saturated carbocycles. The van der Waals surface area contributed by atoms with Crippen molar-refractivity contribution in [2.45, 2.75) is 37.8 Å². The zero-order valence-corrected chi connectivity index (χ0v) is 13.4. The average Bonchev–Trinajstić information content (AvgIpc) is 3.11. The first-order valence-electron chi connectivity index (χ1n) is 8.25. The third kappa shape index (κ3) is 3.71. The molecule has 1 unspecified atom stereocenters. The predicted octanol–water partition coefficient (Wildman–Crippen LogP) is 1.38. The topological polar surface area (TPSA) is 91.3 Å². The highest BCUT2D eigenvalue weighted by Gasteiger charge is 2.25. The van der Waals surface area contributed by atoms with E-state index in [0.29, 0.717) is 5.52 Å². The lowest BCUT2D eigenvalue weighted by Crippen LogP contribution is -2.51. The Morgan fingerprint density at radius 3 is 2.67 bits per heavy atom. The van der Waals surface area contributed by atoms with Gasteiger partial charge in [-0.3, -0.25) is 9.59 Å². The van der Waals surface area contributed by atoms with Crippen LogP contribution in [0, 0.1) is 0 Å². The van der Waals surface area contributed by atoms with Crippen molar-refractivity contribution >= 4 is 22.7 Å². The quantitative estimate of drug-likeness (QED) is 0.774. The van der Waals surface area contributed by atoms with Crippen LogP contribution in [-0.4, -0.2) is 40.6 Å². The summed E-state index contributed by atoms with van der Waals surface area (Å²) in [5.74, 6) is -0.820. The van der Waals surface area contributed by atoms with Gasteiger partial charge in [0.1, 0.15) is 11.7 Å². The van der Waals surface area contributed by atoms with E-state index in [1.165, 1.54) is 0 Å². The molecule has 2 amide bonds. The number of benzene rings is 1. The van der Waals surface area contributed by atoms with E-state index in [0.717, 1.165) is 31.1 Å². The molecule has 2 aromatic rings. The minimum absolute atomic E-state index is 0.141. The van der Waals surface area contributed by atoms with E-state index < -0.39 is 18.6 Å². The second kappa shape index (κ2) is 7.40. The van der Waals surface area contributed by atoms with Crippen LogP contribution >= 0.6 is 0 Å². The van der Waals surface area contributed by atoms with Crippen LogP contribution in [0.3, 0.4) is 0 Å². The molecule has 1 aliphatic rings. The summed E-state index contributed by atoms with van der Waals surface area (Å²) in [6.45, 7) is -0.447. The van der Waals surface area contributed by atoms with Crippen LogP contribution in [0.1, 0.15) is 36.2 Å². The van der Waals surface area contributed by atoms with Crippen LogP contribution in [-0.2, 0) is 4.79 Å². The van der Waals surface area contributed by atoms with Gasteiger partial charge in [0.25, 0.3) is 5.91 Å². The molecule has 3 N–H and O–H groups in total. The molecule has 0 bridgehead atoms. The van der Waals surface area contributed by atoms with Crippen LogP contribution in [0.4, 0.5) is 0 Å². The van der Waals surface area contributed by atoms with E-state index in [1.54, 1.807) is 6.07 Å². The highest BCUT2D eigenvalue weighted by molar-refractivity contribution is 5.97. The van der Waals surface area contributed by atoms with E-state index in [1.807, 2.05) is 30.3 Å². The normalized spacial score (nSPS) is 16.0. The molecule has 24 heavy (non-hydrogen) atoms. The van der Waals surface area contributed by atoms with Crippen LogP contribution in [0.5, 0.6) is 0 Å². The first-order chi connectivity index (χ1) is 11.7. The molecule has 0 aliphatic heterocycles. The SMILES string of the molecule is O=C(NC(CO)C(=O)NC1CCCC1)c1ccc2ccccc2n1. The standard InChI is InChI=1S/C18H21N3O3/c22-11-16(18(24)19-13-6-2-3-7-13)21-17(23)15-10-9-12-5-1-4-8-14(12)20-15/h1,4-5,8-10,13,16,22H,2-3,6-7,11H2,(H,19,24)(H,21,23). The number of hydrogen-bond acceptors (Lipinski definition) is 4. The molecule has 1 aromatic heterocycles. The maximum absolute atomic E-state index is 12.3. The molecule has 1 aromatic carbocycles. The molecule has 1 fully saturated rings. The Morgan fingerprint density at radius 2 is 1.92 bits per heavy atom. The van der Waals surface area contributed by atoms with Gasteiger partial charge in [0, 0.05) is 11.4 Å². The Labute approximate surface area is 140 Å². The first-order valence-corrected chi connectivity index (χ1v) is 8.25. The number of aromatic nitrogens is 1. The number of para-hydroxylation sites is 1. The molecule has 3 rings (SSSR count). The molecular formula is C18H21N3O3. The molecule has 0 radical (unpaired) electrons. The Hall–Kier alpha value is -2.47.